The van der Waals surface area contributed by atoms with Gasteiger partial charge in [0.1, 0.15) is 6.04 Å². The molecule has 0 radical (unpaired) electrons. The molecule has 0 bridgehead atoms. The molecule has 0 heterocycles. The lowest BCUT2D eigenvalue weighted by Gasteiger charge is -2.12. The van der Waals surface area contributed by atoms with Gasteiger partial charge in [-0.3, -0.25) is 4.79 Å². The molecule has 0 spiro atoms. The number of carbonyl (C=O) groups is 1. The van der Waals surface area contributed by atoms with E-state index < -0.39 is 22.0 Å². The Labute approximate surface area is 156 Å². The summed E-state index contributed by atoms with van der Waals surface area (Å²) in [6.07, 6.45) is 0.383. The van der Waals surface area contributed by atoms with Gasteiger partial charge < -0.3 is 5.11 Å². The lowest BCUT2D eigenvalue weighted by molar-refractivity contribution is -0.136. The average Bonchev–Trinajstić information content (AvgIpc) is 2.61. The summed E-state index contributed by atoms with van der Waals surface area (Å²) >= 11 is 5.74. The summed E-state index contributed by atoms with van der Waals surface area (Å²) in [7, 11) is -3.79. The van der Waals surface area contributed by atoms with E-state index in [2.05, 4.69) is 9.90 Å². The molecule has 2 rings (SSSR count). The third-order valence-corrected chi connectivity index (χ3v) is 5.40. The summed E-state index contributed by atoms with van der Waals surface area (Å²) < 4.78 is 26.8. The Hall–Kier alpha value is -2.29. The van der Waals surface area contributed by atoms with Crippen molar-refractivity contribution >= 4 is 27.6 Å². The van der Waals surface area contributed by atoms with Crippen molar-refractivity contribution in [2.75, 3.05) is 6.54 Å². The predicted molar refractivity (Wildman–Crippen MR) is 97.6 cm³/mol. The zero-order chi connectivity index (χ0) is 19.2. The van der Waals surface area contributed by atoms with Gasteiger partial charge in [0.05, 0.1) is 4.90 Å². The molecule has 2 aromatic rings. The fourth-order valence-electron chi connectivity index (χ4n) is 2.26. The zero-order valence-electron chi connectivity index (χ0n) is 13.6. The summed E-state index contributed by atoms with van der Waals surface area (Å²) in [6.45, 7) is -0.192. The molecule has 0 fully saturated rings. The summed E-state index contributed by atoms with van der Waals surface area (Å²) in [5, 5.41) is 12.1. The molecule has 7 nitrogen and oxygen atoms in total. The molecule has 0 aliphatic rings. The molecular formula is C17H17ClN2O5S. The van der Waals surface area contributed by atoms with Crippen LogP contribution in [0.3, 0.4) is 0 Å². The van der Waals surface area contributed by atoms with Gasteiger partial charge in [-0.2, -0.15) is 4.91 Å². The van der Waals surface area contributed by atoms with Gasteiger partial charge in [0.2, 0.25) is 10.0 Å². The molecule has 0 aliphatic heterocycles. The number of nitrogens with zero attached hydrogens (tertiary/aromatic N) is 1. The maximum atomic E-state index is 12.2. The van der Waals surface area contributed by atoms with Crippen LogP contribution in [-0.4, -0.2) is 26.0 Å². The van der Waals surface area contributed by atoms with E-state index >= 15 is 0 Å². The van der Waals surface area contributed by atoms with E-state index in [0.29, 0.717) is 17.0 Å². The highest BCUT2D eigenvalue weighted by Gasteiger charge is 2.18. The van der Waals surface area contributed by atoms with Crippen molar-refractivity contribution in [2.45, 2.75) is 23.8 Å². The van der Waals surface area contributed by atoms with Crippen LogP contribution in [-0.2, 0) is 21.2 Å². The van der Waals surface area contributed by atoms with E-state index in [-0.39, 0.29) is 17.9 Å². The van der Waals surface area contributed by atoms with Gasteiger partial charge in [-0.15, -0.1) is 0 Å². The van der Waals surface area contributed by atoms with Gasteiger partial charge in [0, 0.05) is 18.0 Å². The summed E-state index contributed by atoms with van der Waals surface area (Å²) in [5.41, 5.74) is 1.35. The first-order valence-corrected chi connectivity index (χ1v) is 9.56. The number of aryl methyl sites for hydroxylation is 1. The first-order chi connectivity index (χ1) is 12.3. The smallest absolute Gasteiger partial charge is 0.303 e. The Morgan fingerprint density at radius 1 is 1.12 bits per heavy atom. The van der Waals surface area contributed by atoms with Gasteiger partial charge in [-0.25, -0.2) is 13.1 Å². The molecule has 138 valence electrons. The standard InChI is InChI=1S/C17H17ClN2O5S/c18-14-6-8-15(9-7-14)26(24,25)19-11-16(20-23)13-4-1-12(2-5-13)3-10-17(21)22/h1-2,4-9,16,19H,3,10-11H2,(H,21,22). The molecule has 0 saturated carbocycles. The van der Waals surface area contributed by atoms with Crippen LogP contribution >= 0.6 is 11.6 Å². The second kappa shape index (κ2) is 8.88. The van der Waals surface area contributed by atoms with E-state index in [4.69, 9.17) is 16.7 Å². The molecule has 0 aliphatic carbocycles. The highest BCUT2D eigenvalue weighted by Crippen LogP contribution is 2.19. The normalized spacial score (nSPS) is 12.5. The van der Waals surface area contributed by atoms with Crippen LogP contribution in [0.15, 0.2) is 58.6 Å². The summed E-state index contributed by atoms with van der Waals surface area (Å²) in [5.74, 6) is -0.891. The lowest BCUT2D eigenvalue weighted by Crippen LogP contribution is -2.28. The van der Waals surface area contributed by atoms with Crippen molar-refractivity contribution < 1.29 is 18.3 Å². The summed E-state index contributed by atoms with van der Waals surface area (Å²) in [4.78, 5) is 21.7. The van der Waals surface area contributed by atoms with Crippen LogP contribution in [0.1, 0.15) is 23.6 Å². The minimum atomic E-state index is -3.79. The predicted octanol–water partition coefficient (Wildman–Crippen LogP) is 3.14. The first kappa shape index (κ1) is 20.0. The van der Waals surface area contributed by atoms with Crippen molar-refractivity contribution in [3.8, 4) is 0 Å². The monoisotopic (exact) mass is 396 g/mol. The number of halogens is 1. The van der Waals surface area contributed by atoms with Crippen molar-refractivity contribution in [1.82, 2.24) is 4.72 Å². The highest BCUT2D eigenvalue weighted by molar-refractivity contribution is 7.89. The quantitative estimate of drug-likeness (QED) is 0.632. The van der Waals surface area contributed by atoms with Crippen LogP contribution in [0.2, 0.25) is 5.02 Å². The van der Waals surface area contributed by atoms with Crippen LogP contribution in [0.5, 0.6) is 0 Å². The van der Waals surface area contributed by atoms with E-state index in [1.54, 1.807) is 24.3 Å². The van der Waals surface area contributed by atoms with E-state index in [0.717, 1.165) is 5.56 Å². The number of sulfonamides is 1. The molecule has 2 N–H and O–H groups in total. The lowest BCUT2D eigenvalue weighted by atomic mass is 10.0. The maximum absolute atomic E-state index is 12.2. The first-order valence-electron chi connectivity index (χ1n) is 7.70. The third kappa shape index (κ3) is 5.62. The minimum absolute atomic E-state index is 0.00952. The summed E-state index contributed by atoms with van der Waals surface area (Å²) in [6, 6.07) is 11.4. The van der Waals surface area contributed by atoms with Crippen molar-refractivity contribution in [2.24, 2.45) is 5.18 Å². The molecule has 1 unspecified atom stereocenters. The number of aliphatic carboxylic acids is 1. The Bertz CT molecular complexity index is 867. The van der Waals surface area contributed by atoms with Crippen molar-refractivity contribution in [1.29, 1.82) is 0 Å². The second-order valence-electron chi connectivity index (χ2n) is 5.56. The minimum Gasteiger partial charge on any atom is -0.481 e. The average molecular weight is 397 g/mol. The van der Waals surface area contributed by atoms with Crippen LogP contribution < -0.4 is 4.72 Å². The molecule has 2 aromatic carbocycles. The Kier molecular flexibility index (Phi) is 6.84. The Morgan fingerprint density at radius 2 is 1.73 bits per heavy atom. The zero-order valence-corrected chi connectivity index (χ0v) is 15.2. The third-order valence-electron chi connectivity index (χ3n) is 3.71. The number of carboxylic acids is 1. The molecule has 0 amide bonds. The number of nitrogens with one attached hydrogen (secondary N) is 1. The number of rotatable bonds is 9. The SMILES string of the molecule is O=NC(CNS(=O)(=O)c1ccc(Cl)cc1)c1ccc(CCC(=O)O)cc1. The topological polar surface area (TPSA) is 113 Å². The second-order valence-corrected chi connectivity index (χ2v) is 7.77. The van der Waals surface area contributed by atoms with Crippen molar-refractivity contribution in [3.05, 3.63) is 69.6 Å². The molecular weight excluding hydrogens is 380 g/mol. The maximum Gasteiger partial charge on any atom is 0.303 e. The van der Waals surface area contributed by atoms with Gasteiger partial charge in [0.15, 0.2) is 0 Å². The fraction of sp³-hybridized carbons (Fsp3) is 0.235. The molecule has 0 aromatic heterocycles. The number of hydrogen-bond acceptors (Lipinski definition) is 5. The van der Waals surface area contributed by atoms with Crippen LogP contribution in [0.25, 0.3) is 0 Å². The fourth-order valence-corrected chi connectivity index (χ4v) is 3.42. The van der Waals surface area contributed by atoms with Crippen LogP contribution in [0, 0.1) is 4.91 Å². The van der Waals surface area contributed by atoms with Gasteiger partial charge in [0.25, 0.3) is 0 Å². The molecule has 9 heteroatoms. The van der Waals surface area contributed by atoms with Gasteiger partial charge in [-0.05, 0) is 41.8 Å². The number of hydrogen-bond donors (Lipinski definition) is 2. The number of nitroso groups, excluding NO2 is 1. The Balaban J connectivity index is 2.03. The number of carboxylic acid groups (broad SMARTS) is 1. The molecule has 26 heavy (non-hydrogen) atoms. The van der Waals surface area contributed by atoms with E-state index in [9.17, 15) is 18.1 Å². The van der Waals surface area contributed by atoms with E-state index in [1.165, 1.54) is 24.3 Å². The van der Waals surface area contributed by atoms with Crippen molar-refractivity contribution in [3.63, 3.8) is 0 Å². The molecule has 0 saturated heterocycles. The van der Waals surface area contributed by atoms with E-state index in [1.807, 2.05) is 0 Å². The van der Waals surface area contributed by atoms with Gasteiger partial charge in [-0.1, -0.05) is 41.0 Å². The van der Waals surface area contributed by atoms with Crippen LogP contribution in [0.4, 0.5) is 0 Å². The van der Waals surface area contributed by atoms with Gasteiger partial charge >= 0.3 is 5.97 Å². The number of benzene rings is 2. The Morgan fingerprint density at radius 3 is 2.27 bits per heavy atom. The largest absolute Gasteiger partial charge is 0.481 e. The highest BCUT2D eigenvalue weighted by atomic mass is 35.5. The molecule has 1 atom stereocenters.